The van der Waals surface area contributed by atoms with Crippen molar-refractivity contribution < 1.29 is 0 Å². The lowest BCUT2D eigenvalue weighted by Crippen LogP contribution is -2.04. The lowest BCUT2D eigenvalue weighted by molar-refractivity contribution is 0.627. The van der Waals surface area contributed by atoms with E-state index in [9.17, 15) is 0 Å². The molecular weight excluding hydrogens is 162 g/mol. The van der Waals surface area contributed by atoms with Crippen LogP contribution in [0.5, 0.6) is 0 Å². The van der Waals surface area contributed by atoms with Crippen molar-refractivity contribution in [3.05, 3.63) is 12.0 Å². The molecule has 0 radical (unpaired) electrons. The molecule has 0 aliphatic carbocycles. The van der Waals surface area contributed by atoms with E-state index in [2.05, 4.69) is 25.8 Å². The number of nitrogen functional groups attached to an aromatic ring is 1. The topological polar surface area (TPSA) is 43.8 Å². The molecule has 0 bridgehead atoms. The van der Waals surface area contributed by atoms with E-state index in [-0.39, 0.29) is 0 Å². The number of aryl methyl sites for hydroxylation is 1. The van der Waals surface area contributed by atoms with Gasteiger partial charge in [0.05, 0.1) is 12.0 Å². The lowest BCUT2D eigenvalue weighted by atomic mass is 10.00. The fourth-order valence-electron chi connectivity index (χ4n) is 1.65. The van der Waals surface area contributed by atoms with E-state index in [1.807, 2.05) is 10.9 Å². The summed E-state index contributed by atoms with van der Waals surface area (Å²) in [6.45, 7) is 7.34. The number of hydrogen-bond acceptors (Lipinski definition) is 2. The average Bonchev–Trinajstić information content (AvgIpc) is 2.50. The van der Waals surface area contributed by atoms with Crippen LogP contribution in [0.2, 0.25) is 0 Å². The van der Waals surface area contributed by atoms with Gasteiger partial charge in [-0.1, -0.05) is 13.8 Å². The van der Waals surface area contributed by atoms with E-state index < -0.39 is 0 Å². The van der Waals surface area contributed by atoms with Crippen molar-refractivity contribution in [1.29, 1.82) is 0 Å². The lowest BCUT2D eigenvalue weighted by Gasteiger charge is -2.10. The summed E-state index contributed by atoms with van der Waals surface area (Å²) in [7, 11) is 0. The molecule has 1 heterocycles. The number of nitrogens with zero attached hydrogens (tertiary/aromatic N) is 2. The fourth-order valence-corrected chi connectivity index (χ4v) is 1.65. The Kier molecular flexibility index (Phi) is 3.34. The first kappa shape index (κ1) is 10.1. The Morgan fingerprint density at radius 3 is 2.38 bits per heavy atom. The van der Waals surface area contributed by atoms with Gasteiger partial charge in [-0.25, -0.2) is 4.98 Å². The molecule has 0 saturated carbocycles. The third-order valence-corrected chi connectivity index (χ3v) is 2.62. The summed E-state index contributed by atoms with van der Waals surface area (Å²) < 4.78 is 1.99. The number of hydrogen-bond donors (Lipinski definition) is 1. The molecule has 3 nitrogen and oxygen atoms in total. The van der Waals surface area contributed by atoms with Gasteiger partial charge in [-0.2, -0.15) is 0 Å². The summed E-state index contributed by atoms with van der Waals surface area (Å²) in [5.41, 5.74) is 7.04. The Bertz CT molecular complexity index is 261. The van der Waals surface area contributed by atoms with Crippen LogP contribution < -0.4 is 5.73 Å². The van der Waals surface area contributed by atoms with Crippen LogP contribution in [0.15, 0.2) is 6.33 Å². The molecule has 0 saturated heterocycles. The minimum atomic E-state index is 0.521. The second kappa shape index (κ2) is 4.30. The molecule has 0 fully saturated rings. The average molecular weight is 181 g/mol. The van der Waals surface area contributed by atoms with Crippen LogP contribution in [0.4, 0.5) is 5.82 Å². The van der Waals surface area contributed by atoms with Gasteiger partial charge in [0, 0.05) is 12.5 Å². The van der Waals surface area contributed by atoms with Crippen molar-refractivity contribution in [3.8, 4) is 0 Å². The van der Waals surface area contributed by atoms with Gasteiger partial charge in [-0.3, -0.25) is 0 Å². The summed E-state index contributed by atoms with van der Waals surface area (Å²) >= 11 is 0. The van der Waals surface area contributed by atoms with E-state index in [0.29, 0.717) is 5.92 Å². The normalized spacial score (nSPS) is 11.1. The highest BCUT2D eigenvalue weighted by atomic mass is 15.1. The van der Waals surface area contributed by atoms with E-state index in [0.717, 1.165) is 30.9 Å². The van der Waals surface area contributed by atoms with Crippen molar-refractivity contribution in [2.75, 3.05) is 5.73 Å². The van der Waals surface area contributed by atoms with Crippen molar-refractivity contribution in [3.63, 3.8) is 0 Å². The number of imidazole rings is 1. The second-order valence-electron chi connectivity index (χ2n) is 3.31. The molecule has 0 amide bonds. The largest absolute Gasteiger partial charge is 0.384 e. The molecule has 1 aromatic heterocycles. The maximum atomic E-state index is 5.97. The Morgan fingerprint density at radius 1 is 1.38 bits per heavy atom. The molecule has 2 N–H and O–H groups in total. The monoisotopic (exact) mass is 181 g/mol. The van der Waals surface area contributed by atoms with Crippen molar-refractivity contribution in [1.82, 2.24) is 9.55 Å². The SMILES string of the molecule is CCC(CC)c1ncn(CC)c1N. The molecule has 74 valence electrons. The molecule has 0 aliphatic rings. The first-order valence-corrected chi connectivity index (χ1v) is 5.05. The summed E-state index contributed by atoms with van der Waals surface area (Å²) in [4.78, 5) is 4.37. The van der Waals surface area contributed by atoms with Crippen LogP contribution in [0.1, 0.15) is 45.2 Å². The summed E-state index contributed by atoms with van der Waals surface area (Å²) in [6, 6.07) is 0. The third kappa shape index (κ3) is 1.85. The van der Waals surface area contributed by atoms with Crippen LogP contribution in [0, 0.1) is 0 Å². The predicted molar refractivity (Wildman–Crippen MR) is 55.6 cm³/mol. The molecule has 1 rings (SSSR count). The standard InChI is InChI=1S/C10H19N3/c1-4-8(5-2)9-10(11)13(6-3)7-12-9/h7-8H,4-6,11H2,1-3H3. The van der Waals surface area contributed by atoms with E-state index in [4.69, 9.17) is 5.73 Å². The van der Waals surface area contributed by atoms with Crippen molar-refractivity contribution >= 4 is 5.82 Å². The van der Waals surface area contributed by atoms with Crippen molar-refractivity contribution in [2.24, 2.45) is 0 Å². The molecular formula is C10H19N3. The minimum absolute atomic E-state index is 0.521. The van der Waals surface area contributed by atoms with Crippen LogP contribution in [0.25, 0.3) is 0 Å². The first-order valence-electron chi connectivity index (χ1n) is 5.05. The Hall–Kier alpha value is -0.990. The second-order valence-corrected chi connectivity index (χ2v) is 3.31. The number of rotatable bonds is 4. The zero-order valence-electron chi connectivity index (χ0n) is 8.75. The fraction of sp³-hybridized carbons (Fsp3) is 0.700. The molecule has 0 aromatic carbocycles. The molecule has 0 aliphatic heterocycles. The molecule has 13 heavy (non-hydrogen) atoms. The zero-order valence-corrected chi connectivity index (χ0v) is 8.75. The predicted octanol–water partition coefficient (Wildman–Crippen LogP) is 2.39. The molecule has 0 atom stereocenters. The van der Waals surface area contributed by atoms with Gasteiger partial charge in [0.1, 0.15) is 5.82 Å². The van der Waals surface area contributed by atoms with E-state index >= 15 is 0 Å². The van der Waals surface area contributed by atoms with Gasteiger partial charge in [-0.05, 0) is 19.8 Å². The van der Waals surface area contributed by atoms with Crippen molar-refractivity contribution in [2.45, 2.75) is 46.1 Å². The highest BCUT2D eigenvalue weighted by Gasteiger charge is 2.14. The Morgan fingerprint density at radius 2 is 2.00 bits per heavy atom. The van der Waals surface area contributed by atoms with Gasteiger partial charge >= 0.3 is 0 Å². The zero-order chi connectivity index (χ0) is 9.84. The molecule has 0 spiro atoms. The summed E-state index contributed by atoms with van der Waals surface area (Å²) in [5, 5.41) is 0. The number of aromatic nitrogens is 2. The Labute approximate surface area is 80.0 Å². The summed E-state index contributed by atoms with van der Waals surface area (Å²) in [6.07, 6.45) is 4.06. The van der Waals surface area contributed by atoms with Gasteiger partial charge in [0.25, 0.3) is 0 Å². The maximum absolute atomic E-state index is 5.97. The van der Waals surface area contributed by atoms with Gasteiger partial charge in [0.2, 0.25) is 0 Å². The summed E-state index contributed by atoms with van der Waals surface area (Å²) in [5.74, 6) is 1.36. The smallest absolute Gasteiger partial charge is 0.126 e. The van der Waals surface area contributed by atoms with Crippen LogP contribution in [-0.2, 0) is 6.54 Å². The van der Waals surface area contributed by atoms with E-state index in [1.165, 1.54) is 0 Å². The van der Waals surface area contributed by atoms with Crippen LogP contribution >= 0.6 is 0 Å². The first-order chi connectivity index (χ1) is 6.24. The number of anilines is 1. The van der Waals surface area contributed by atoms with Gasteiger partial charge in [-0.15, -0.1) is 0 Å². The highest BCUT2D eigenvalue weighted by Crippen LogP contribution is 2.26. The maximum Gasteiger partial charge on any atom is 0.126 e. The van der Waals surface area contributed by atoms with Crippen LogP contribution in [-0.4, -0.2) is 9.55 Å². The quantitative estimate of drug-likeness (QED) is 0.775. The molecule has 0 unspecified atom stereocenters. The minimum Gasteiger partial charge on any atom is -0.384 e. The number of nitrogens with two attached hydrogens (primary N) is 1. The molecule has 3 heteroatoms. The van der Waals surface area contributed by atoms with Gasteiger partial charge < -0.3 is 10.3 Å². The van der Waals surface area contributed by atoms with Gasteiger partial charge in [0.15, 0.2) is 0 Å². The van der Waals surface area contributed by atoms with E-state index in [1.54, 1.807) is 0 Å². The third-order valence-electron chi connectivity index (χ3n) is 2.62. The highest BCUT2D eigenvalue weighted by molar-refractivity contribution is 5.38. The van der Waals surface area contributed by atoms with Crippen LogP contribution in [0.3, 0.4) is 0 Å². The Balaban J connectivity index is 2.93. The molecule has 1 aromatic rings.